The van der Waals surface area contributed by atoms with Gasteiger partial charge in [-0.15, -0.1) is 0 Å². The number of nitrogens with one attached hydrogen (secondary N) is 1. The van der Waals surface area contributed by atoms with Crippen LogP contribution in [0.1, 0.15) is 0 Å². The second-order valence-electron chi connectivity index (χ2n) is 6.84. The first-order valence-electron chi connectivity index (χ1n) is 9.37. The van der Waals surface area contributed by atoms with Crippen molar-refractivity contribution < 1.29 is 13.2 Å². The molecule has 0 aliphatic heterocycles. The summed E-state index contributed by atoms with van der Waals surface area (Å²) in [5, 5.41) is 0. The summed E-state index contributed by atoms with van der Waals surface area (Å²) in [6.07, 6.45) is 0.988. The van der Waals surface area contributed by atoms with Gasteiger partial charge in [0.2, 0.25) is 0 Å². The smallest absolute Gasteiger partial charge is 0.345 e. The number of aromatic nitrogens is 3. The molecular formula is C22H17N3O6S. The molecule has 4 rings (SSSR count). The number of hydrogen-bond donors (Lipinski definition) is 1. The van der Waals surface area contributed by atoms with Gasteiger partial charge in [0.05, 0.1) is 11.4 Å². The summed E-state index contributed by atoms with van der Waals surface area (Å²) in [4.78, 5) is 39.7. The van der Waals surface area contributed by atoms with Crippen molar-refractivity contribution in [3.05, 3.63) is 110 Å². The van der Waals surface area contributed by atoms with Crippen LogP contribution in [0.2, 0.25) is 0 Å². The first-order valence-corrected chi connectivity index (χ1v) is 11.3. The molecule has 0 fully saturated rings. The van der Waals surface area contributed by atoms with Crippen LogP contribution >= 0.6 is 0 Å². The third-order valence-electron chi connectivity index (χ3n) is 4.57. The number of para-hydroxylation sites is 2. The van der Waals surface area contributed by atoms with E-state index in [-0.39, 0.29) is 22.0 Å². The Bertz CT molecular complexity index is 1570. The maximum absolute atomic E-state index is 13.1. The fourth-order valence-electron chi connectivity index (χ4n) is 3.13. The number of hydrogen-bond acceptors (Lipinski definition) is 6. The normalized spacial score (nSPS) is 11.3. The van der Waals surface area contributed by atoms with Gasteiger partial charge in [0.1, 0.15) is 16.4 Å². The van der Waals surface area contributed by atoms with Crippen molar-refractivity contribution in [2.45, 2.75) is 4.90 Å². The Morgan fingerprint density at radius 1 is 0.750 bits per heavy atom. The summed E-state index contributed by atoms with van der Waals surface area (Å²) < 4.78 is 32.0. The van der Waals surface area contributed by atoms with E-state index < -0.39 is 26.9 Å². The summed E-state index contributed by atoms with van der Waals surface area (Å²) in [5.41, 5.74) is -2.64. The molecule has 0 saturated carbocycles. The van der Waals surface area contributed by atoms with E-state index in [0.717, 1.165) is 16.9 Å². The summed E-state index contributed by atoms with van der Waals surface area (Å²) >= 11 is 0. The lowest BCUT2D eigenvalue weighted by Crippen LogP contribution is -2.48. The SMILES string of the molecule is CS(=O)(=O)c1cc(-n2c(=O)[nH]c(=O)n(-c3ccccc3)c2=O)ccc1Oc1ccccc1. The highest BCUT2D eigenvalue weighted by atomic mass is 32.2. The van der Waals surface area contributed by atoms with E-state index in [2.05, 4.69) is 4.98 Å². The molecule has 0 saturated heterocycles. The Labute approximate surface area is 181 Å². The zero-order valence-electron chi connectivity index (χ0n) is 16.8. The Hall–Kier alpha value is -4.18. The highest BCUT2D eigenvalue weighted by Crippen LogP contribution is 2.30. The molecule has 1 N–H and O–H groups in total. The molecule has 0 atom stereocenters. The maximum Gasteiger partial charge on any atom is 0.345 e. The molecule has 162 valence electrons. The van der Waals surface area contributed by atoms with Crippen molar-refractivity contribution in [3.63, 3.8) is 0 Å². The number of rotatable bonds is 5. The van der Waals surface area contributed by atoms with Crippen molar-refractivity contribution in [2.75, 3.05) is 6.26 Å². The number of aromatic amines is 1. The fraction of sp³-hybridized carbons (Fsp3) is 0.0455. The van der Waals surface area contributed by atoms with Crippen LogP contribution in [0, 0.1) is 0 Å². The number of ether oxygens (including phenoxy) is 1. The van der Waals surface area contributed by atoms with Gasteiger partial charge in [-0.3, -0.25) is 4.98 Å². The van der Waals surface area contributed by atoms with Gasteiger partial charge < -0.3 is 4.74 Å². The van der Waals surface area contributed by atoms with Crippen LogP contribution in [0.15, 0.2) is 98.1 Å². The van der Waals surface area contributed by atoms with Crippen LogP contribution in [0.5, 0.6) is 11.5 Å². The molecule has 10 heteroatoms. The molecule has 0 bridgehead atoms. The molecule has 0 spiro atoms. The van der Waals surface area contributed by atoms with Crippen molar-refractivity contribution in [2.24, 2.45) is 0 Å². The lowest BCUT2D eigenvalue weighted by Gasteiger charge is -2.13. The first kappa shape index (κ1) is 21.1. The second kappa shape index (κ2) is 8.16. The number of nitrogens with zero attached hydrogens (tertiary/aromatic N) is 2. The predicted molar refractivity (Wildman–Crippen MR) is 118 cm³/mol. The number of sulfone groups is 1. The minimum absolute atomic E-state index is 0.0308. The molecule has 0 amide bonds. The van der Waals surface area contributed by atoms with E-state index in [1.807, 2.05) is 0 Å². The van der Waals surface area contributed by atoms with E-state index in [4.69, 9.17) is 4.74 Å². The first-order chi connectivity index (χ1) is 15.3. The molecule has 1 aromatic heterocycles. The quantitative estimate of drug-likeness (QED) is 0.495. The minimum atomic E-state index is -3.80. The van der Waals surface area contributed by atoms with Gasteiger partial charge in [-0.05, 0) is 42.5 Å². The van der Waals surface area contributed by atoms with Crippen LogP contribution < -0.4 is 21.8 Å². The molecule has 0 aliphatic carbocycles. The third-order valence-corrected chi connectivity index (χ3v) is 5.69. The predicted octanol–water partition coefficient (Wildman–Crippen LogP) is 1.87. The zero-order valence-corrected chi connectivity index (χ0v) is 17.6. The zero-order chi connectivity index (χ0) is 22.9. The van der Waals surface area contributed by atoms with E-state index >= 15 is 0 Å². The maximum atomic E-state index is 13.1. The fourth-order valence-corrected chi connectivity index (χ4v) is 3.94. The van der Waals surface area contributed by atoms with Gasteiger partial charge in [-0.25, -0.2) is 31.9 Å². The van der Waals surface area contributed by atoms with Crippen molar-refractivity contribution in [3.8, 4) is 22.9 Å². The van der Waals surface area contributed by atoms with Crippen LogP contribution in [-0.4, -0.2) is 28.8 Å². The second-order valence-corrected chi connectivity index (χ2v) is 8.83. The Balaban J connectivity index is 1.92. The van der Waals surface area contributed by atoms with E-state index in [1.54, 1.807) is 48.5 Å². The van der Waals surface area contributed by atoms with Gasteiger partial charge in [-0.1, -0.05) is 36.4 Å². The summed E-state index contributed by atoms with van der Waals surface area (Å²) in [5.74, 6) is 0.445. The topological polar surface area (TPSA) is 120 Å². The molecule has 0 radical (unpaired) electrons. The van der Waals surface area contributed by atoms with E-state index in [9.17, 15) is 22.8 Å². The van der Waals surface area contributed by atoms with Crippen molar-refractivity contribution in [1.82, 2.24) is 14.1 Å². The standard InChI is InChI=1S/C22H17N3O6S/c1-32(29,30)19-14-16(12-13-18(19)31-17-10-6-3-7-11-17)25-21(27)23-20(26)24(22(25)28)15-8-4-2-5-9-15/h2-14H,1H3,(H,23,26,27). The van der Waals surface area contributed by atoms with Gasteiger partial charge in [0.15, 0.2) is 9.84 Å². The summed E-state index contributed by atoms with van der Waals surface area (Å²) in [6.45, 7) is 0. The average molecular weight is 451 g/mol. The highest BCUT2D eigenvalue weighted by Gasteiger charge is 2.20. The van der Waals surface area contributed by atoms with Gasteiger partial charge in [0, 0.05) is 6.26 Å². The minimum Gasteiger partial charge on any atom is -0.456 e. The largest absolute Gasteiger partial charge is 0.456 e. The molecule has 4 aromatic rings. The lowest BCUT2D eigenvalue weighted by atomic mass is 10.3. The van der Waals surface area contributed by atoms with Crippen LogP contribution in [0.25, 0.3) is 11.4 Å². The molecule has 3 aromatic carbocycles. The summed E-state index contributed by atoms with van der Waals surface area (Å²) in [7, 11) is -3.80. The Kier molecular flexibility index (Phi) is 5.37. The van der Waals surface area contributed by atoms with Gasteiger partial charge >= 0.3 is 17.1 Å². The molecule has 9 nitrogen and oxygen atoms in total. The highest BCUT2D eigenvalue weighted by molar-refractivity contribution is 7.90. The third kappa shape index (κ3) is 4.03. The van der Waals surface area contributed by atoms with Crippen LogP contribution in [0.4, 0.5) is 0 Å². The van der Waals surface area contributed by atoms with E-state index in [0.29, 0.717) is 10.3 Å². The monoisotopic (exact) mass is 451 g/mol. The van der Waals surface area contributed by atoms with Crippen LogP contribution in [-0.2, 0) is 9.84 Å². The van der Waals surface area contributed by atoms with Crippen molar-refractivity contribution >= 4 is 9.84 Å². The number of benzene rings is 3. The van der Waals surface area contributed by atoms with Gasteiger partial charge in [0.25, 0.3) is 0 Å². The molecular weight excluding hydrogens is 434 g/mol. The Morgan fingerprint density at radius 3 is 1.91 bits per heavy atom. The molecule has 0 aliphatic rings. The molecule has 1 heterocycles. The van der Waals surface area contributed by atoms with Crippen molar-refractivity contribution in [1.29, 1.82) is 0 Å². The van der Waals surface area contributed by atoms with E-state index in [1.165, 1.54) is 24.3 Å². The summed E-state index contributed by atoms with van der Waals surface area (Å²) in [6, 6.07) is 20.5. The van der Waals surface area contributed by atoms with Gasteiger partial charge in [-0.2, -0.15) is 0 Å². The van der Waals surface area contributed by atoms with Crippen LogP contribution in [0.3, 0.4) is 0 Å². The number of H-pyrrole nitrogens is 1. The Morgan fingerprint density at radius 2 is 1.31 bits per heavy atom. The molecule has 32 heavy (non-hydrogen) atoms. The lowest BCUT2D eigenvalue weighted by molar-refractivity contribution is 0.467. The molecule has 0 unspecified atom stereocenters. The average Bonchev–Trinajstić information content (AvgIpc) is 2.75.